The quantitative estimate of drug-likeness (QED) is 0.764. The predicted octanol–water partition coefficient (Wildman–Crippen LogP) is 1.96. The van der Waals surface area contributed by atoms with Crippen LogP contribution in [0.5, 0.6) is 5.75 Å². The molecule has 19 heavy (non-hydrogen) atoms. The van der Waals surface area contributed by atoms with Crippen molar-refractivity contribution in [2.24, 2.45) is 0 Å². The molecule has 0 saturated carbocycles. The fourth-order valence-corrected chi connectivity index (χ4v) is 1.90. The Morgan fingerprint density at radius 3 is 2.95 bits per heavy atom. The van der Waals surface area contributed by atoms with E-state index in [-0.39, 0.29) is 11.7 Å². The van der Waals surface area contributed by atoms with Crippen LogP contribution in [0.3, 0.4) is 0 Å². The molecular weight excluding hydrogens is 248 g/mol. The van der Waals surface area contributed by atoms with Crippen molar-refractivity contribution in [3.63, 3.8) is 0 Å². The lowest BCUT2D eigenvalue weighted by Crippen LogP contribution is -2.14. The molecule has 104 valence electrons. The number of hydrogen-bond donors (Lipinski definition) is 1. The summed E-state index contributed by atoms with van der Waals surface area (Å²) in [5, 5.41) is 8.99. The molecule has 0 bridgehead atoms. The summed E-state index contributed by atoms with van der Waals surface area (Å²) >= 11 is 0. The molecule has 5 nitrogen and oxygen atoms in total. The monoisotopic (exact) mass is 266 g/mol. The van der Waals surface area contributed by atoms with Gasteiger partial charge in [0.1, 0.15) is 11.3 Å². The number of para-hydroxylation sites is 1. The van der Waals surface area contributed by atoms with Crippen molar-refractivity contribution in [2.75, 3.05) is 26.4 Å². The van der Waals surface area contributed by atoms with Gasteiger partial charge >= 0.3 is 5.97 Å². The summed E-state index contributed by atoms with van der Waals surface area (Å²) in [6.07, 6.45) is 1.87. The van der Waals surface area contributed by atoms with Crippen LogP contribution in [0.15, 0.2) is 24.3 Å². The van der Waals surface area contributed by atoms with Crippen LogP contribution in [0, 0.1) is 0 Å². The van der Waals surface area contributed by atoms with Gasteiger partial charge in [-0.3, -0.25) is 0 Å². The van der Waals surface area contributed by atoms with Gasteiger partial charge in [0.05, 0.1) is 25.9 Å². The minimum absolute atomic E-state index is 0.188. The maximum absolute atomic E-state index is 11.0. The van der Waals surface area contributed by atoms with Gasteiger partial charge in [0.2, 0.25) is 0 Å². The number of carboxylic acid groups (broad SMARTS) is 1. The lowest BCUT2D eigenvalue weighted by molar-refractivity contribution is 0.0365. The number of carbonyl (C=O) groups is 1. The van der Waals surface area contributed by atoms with Crippen molar-refractivity contribution in [1.29, 1.82) is 0 Å². The minimum Gasteiger partial charge on any atom is -0.493 e. The van der Waals surface area contributed by atoms with Crippen molar-refractivity contribution in [2.45, 2.75) is 18.9 Å². The van der Waals surface area contributed by atoms with Crippen LogP contribution in [0.1, 0.15) is 23.2 Å². The largest absolute Gasteiger partial charge is 0.493 e. The molecule has 0 aliphatic carbocycles. The third-order valence-corrected chi connectivity index (χ3v) is 2.91. The molecule has 1 N–H and O–H groups in total. The van der Waals surface area contributed by atoms with E-state index in [1.54, 1.807) is 18.2 Å². The minimum atomic E-state index is -0.977. The lowest BCUT2D eigenvalue weighted by Gasteiger charge is -2.11. The van der Waals surface area contributed by atoms with Crippen molar-refractivity contribution in [3.05, 3.63) is 29.8 Å². The van der Waals surface area contributed by atoms with Crippen LogP contribution in [0.4, 0.5) is 0 Å². The van der Waals surface area contributed by atoms with E-state index < -0.39 is 5.97 Å². The Morgan fingerprint density at radius 1 is 1.37 bits per heavy atom. The maximum Gasteiger partial charge on any atom is 0.339 e. The van der Waals surface area contributed by atoms with Crippen LogP contribution < -0.4 is 4.74 Å². The molecule has 0 aromatic heterocycles. The number of hydrogen-bond acceptors (Lipinski definition) is 4. The van der Waals surface area contributed by atoms with Gasteiger partial charge in [0, 0.05) is 13.0 Å². The Hall–Kier alpha value is -1.59. The first kappa shape index (κ1) is 13.8. The highest BCUT2D eigenvalue weighted by atomic mass is 16.5. The van der Waals surface area contributed by atoms with Crippen molar-refractivity contribution in [1.82, 2.24) is 0 Å². The van der Waals surface area contributed by atoms with E-state index in [0.717, 1.165) is 19.4 Å². The zero-order valence-corrected chi connectivity index (χ0v) is 10.7. The molecule has 1 unspecified atom stereocenters. The van der Waals surface area contributed by atoms with E-state index in [2.05, 4.69) is 0 Å². The highest BCUT2D eigenvalue weighted by Gasteiger charge is 2.15. The summed E-state index contributed by atoms with van der Waals surface area (Å²) in [4.78, 5) is 11.0. The summed E-state index contributed by atoms with van der Waals surface area (Å²) in [5.41, 5.74) is 0.188. The molecule has 0 radical (unpaired) electrons. The van der Waals surface area contributed by atoms with Crippen molar-refractivity contribution < 1.29 is 24.1 Å². The molecule has 1 aromatic rings. The molecule has 2 rings (SSSR count). The summed E-state index contributed by atoms with van der Waals surface area (Å²) < 4.78 is 16.3. The molecule has 0 spiro atoms. The third kappa shape index (κ3) is 4.22. The van der Waals surface area contributed by atoms with E-state index in [4.69, 9.17) is 19.3 Å². The van der Waals surface area contributed by atoms with Crippen molar-refractivity contribution >= 4 is 5.97 Å². The second-order valence-electron chi connectivity index (χ2n) is 4.36. The number of benzene rings is 1. The van der Waals surface area contributed by atoms with Crippen molar-refractivity contribution in [3.8, 4) is 5.75 Å². The molecule has 1 aliphatic heterocycles. The molecule has 1 heterocycles. The smallest absolute Gasteiger partial charge is 0.339 e. The third-order valence-electron chi connectivity index (χ3n) is 2.91. The van der Waals surface area contributed by atoms with Crippen LogP contribution in [0.25, 0.3) is 0 Å². The highest BCUT2D eigenvalue weighted by Crippen LogP contribution is 2.18. The molecule has 1 fully saturated rings. The lowest BCUT2D eigenvalue weighted by atomic mass is 10.2. The molecule has 1 aliphatic rings. The molecule has 1 atom stereocenters. The van der Waals surface area contributed by atoms with Crippen LogP contribution in [-0.2, 0) is 9.47 Å². The van der Waals surface area contributed by atoms with Gasteiger partial charge in [-0.15, -0.1) is 0 Å². The Bertz CT molecular complexity index is 412. The topological polar surface area (TPSA) is 65.0 Å². The van der Waals surface area contributed by atoms with Gasteiger partial charge in [-0.25, -0.2) is 4.79 Å². The van der Waals surface area contributed by atoms with Gasteiger partial charge in [-0.05, 0) is 18.6 Å². The fourth-order valence-electron chi connectivity index (χ4n) is 1.90. The number of aromatic carboxylic acids is 1. The average molecular weight is 266 g/mol. The Balaban J connectivity index is 1.69. The van der Waals surface area contributed by atoms with Crippen LogP contribution >= 0.6 is 0 Å². The molecular formula is C14H18O5. The highest BCUT2D eigenvalue weighted by molar-refractivity contribution is 5.90. The fraction of sp³-hybridized carbons (Fsp3) is 0.500. The van der Waals surface area contributed by atoms with Crippen LogP contribution in [0.2, 0.25) is 0 Å². The predicted molar refractivity (Wildman–Crippen MR) is 68.7 cm³/mol. The standard InChI is InChI=1S/C14H18O5/c15-14(16)12-4-1-2-5-13(12)19-8-3-7-18-11-6-9-17-10-11/h1-2,4-5,11H,3,6-10H2,(H,15,16). The van der Waals surface area contributed by atoms with E-state index in [1.807, 2.05) is 0 Å². The van der Waals surface area contributed by atoms with Gasteiger partial charge in [-0.1, -0.05) is 12.1 Å². The SMILES string of the molecule is O=C(O)c1ccccc1OCCCOC1CCOC1. The number of ether oxygens (including phenoxy) is 3. The second kappa shape index (κ2) is 7.11. The van der Waals surface area contributed by atoms with E-state index in [9.17, 15) is 4.79 Å². The number of carboxylic acids is 1. The summed E-state index contributed by atoms with van der Waals surface area (Å²) in [6.45, 7) is 2.48. The molecule has 1 saturated heterocycles. The first-order valence-electron chi connectivity index (χ1n) is 6.42. The summed E-state index contributed by atoms with van der Waals surface area (Å²) in [7, 11) is 0. The normalized spacial score (nSPS) is 18.4. The second-order valence-corrected chi connectivity index (χ2v) is 4.36. The van der Waals surface area contributed by atoms with E-state index in [0.29, 0.717) is 25.6 Å². The average Bonchev–Trinajstić information content (AvgIpc) is 2.92. The van der Waals surface area contributed by atoms with Gasteiger partial charge < -0.3 is 19.3 Å². The Kier molecular flexibility index (Phi) is 5.18. The van der Waals surface area contributed by atoms with Crippen LogP contribution in [-0.4, -0.2) is 43.6 Å². The number of rotatable bonds is 7. The zero-order chi connectivity index (χ0) is 13.5. The molecule has 1 aromatic carbocycles. The van der Waals surface area contributed by atoms with Gasteiger partial charge in [-0.2, -0.15) is 0 Å². The zero-order valence-electron chi connectivity index (χ0n) is 10.7. The Morgan fingerprint density at radius 2 is 2.21 bits per heavy atom. The first-order valence-corrected chi connectivity index (χ1v) is 6.42. The molecule has 0 amide bonds. The summed E-state index contributed by atoms with van der Waals surface area (Å²) in [6, 6.07) is 6.63. The molecule has 5 heteroatoms. The first-order chi connectivity index (χ1) is 9.27. The van der Waals surface area contributed by atoms with Gasteiger partial charge in [0.25, 0.3) is 0 Å². The van der Waals surface area contributed by atoms with E-state index >= 15 is 0 Å². The summed E-state index contributed by atoms with van der Waals surface area (Å²) in [5.74, 6) is -0.575. The maximum atomic E-state index is 11.0. The Labute approximate surface area is 112 Å². The van der Waals surface area contributed by atoms with E-state index in [1.165, 1.54) is 6.07 Å². The van der Waals surface area contributed by atoms with Gasteiger partial charge in [0.15, 0.2) is 0 Å².